The zero-order valence-corrected chi connectivity index (χ0v) is 16.7. The normalized spacial score (nSPS) is 19.8. The topological polar surface area (TPSA) is 147 Å². The molecular formula is C19H19N3O7S. The van der Waals surface area contributed by atoms with E-state index in [-0.39, 0.29) is 13.0 Å². The predicted octanol–water partition coefficient (Wildman–Crippen LogP) is 1.17. The van der Waals surface area contributed by atoms with Crippen LogP contribution < -0.4 is 4.72 Å². The van der Waals surface area contributed by atoms with Crippen molar-refractivity contribution in [3.63, 3.8) is 0 Å². The maximum Gasteiger partial charge on any atom is 0.326 e. The summed E-state index contributed by atoms with van der Waals surface area (Å²) >= 11 is 0. The summed E-state index contributed by atoms with van der Waals surface area (Å²) in [6.45, 7) is 1.14. The molecule has 1 fully saturated rings. The van der Waals surface area contributed by atoms with E-state index in [2.05, 4.69) is 4.72 Å². The predicted molar refractivity (Wildman–Crippen MR) is 105 cm³/mol. The summed E-state index contributed by atoms with van der Waals surface area (Å²) < 4.78 is 28.3. The van der Waals surface area contributed by atoms with E-state index in [1.54, 1.807) is 30.3 Å². The molecule has 30 heavy (non-hydrogen) atoms. The minimum absolute atomic E-state index is 0.0324. The molecule has 1 heterocycles. The number of likely N-dealkylation sites (tertiary alicyclic amines) is 1. The number of nitro groups is 1. The second-order valence-corrected chi connectivity index (χ2v) is 8.67. The molecule has 0 radical (unpaired) electrons. The van der Waals surface area contributed by atoms with E-state index < -0.39 is 49.0 Å². The molecule has 0 bridgehead atoms. The molecule has 0 aromatic heterocycles. The first-order valence-electron chi connectivity index (χ1n) is 8.92. The largest absolute Gasteiger partial charge is 0.480 e. The number of amides is 1. The van der Waals surface area contributed by atoms with Crippen LogP contribution in [-0.4, -0.2) is 53.3 Å². The number of carbonyl (C=O) groups excluding carboxylic acids is 1. The molecule has 158 valence electrons. The van der Waals surface area contributed by atoms with Crippen molar-refractivity contribution in [2.24, 2.45) is 0 Å². The number of para-hydroxylation sites is 1. The van der Waals surface area contributed by atoms with Gasteiger partial charge >= 0.3 is 5.97 Å². The minimum Gasteiger partial charge on any atom is -0.480 e. The summed E-state index contributed by atoms with van der Waals surface area (Å²) in [5.41, 5.74) is -1.62. The summed E-state index contributed by atoms with van der Waals surface area (Å²) in [5, 5.41) is 20.5. The Morgan fingerprint density at radius 1 is 1.23 bits per heavy atom. The van der Waals surface area contributed by atoms with E-state index in [0.29, 0.717) is 5.56 Å². The number of hydrogen-bond acceptors (Lipinski definition) is 6. The molecule has 10 nitrogen and oxygen atoms in total. The number of nitrogens with one attached hydrogen (secondary N) is 1. The second-order valence-electron chi connectivity index (χ2n) is 7.02. The third kappa shape index (κ3) is 3.89. The van der Waals surface area contributed by atoms with Gasteiger partial charge in [0.25, 0.3) is 5.69 Å². The van der Waals surface area contributed by atoms with E-state index in [0.717, 1.165) is 17.0 Å². The number of β-lactam (4-membered cyclic amide) rings is 1. The molecule has 3 rings (SSSR count). The molecule has 0 spiro atoms. The van der Waals surface area contributed by atoms with Crippen LogP contribution in [0.25, 0.3) is 0 Å². The van der Waals surface area contributed by atoms with Crippen LogP contribution >= 0.6 is 0 Å². The van der Waals surface area contributed by atoms with Gasteiger partial charge in [0.15, 0.2) is 4.90 Å². The van der Waals surface area contributed by atoms with Crippen molar-refractivity contribution in [2.45, 2.75) is 29.8 Å². The van der Waals surface area contributed by atoms with Crippen molar-refractivity contribution in [3.8, 4) is 0 Å². The van der Waals surface area contributed by atoms with Gasteiger partial charge in [-0.3, -0.25) is 14.9 Å². The smallest absolute Gasteiger partial charge is 0.326 e. The SMILES string of the molecule is C[C@@H](C(=O)O)N1CC(Cc2ccccc2)(NS(=O)(=O)c2ccccc2[N+](=O)[O-])C1=O. The Hall–Kier alpha value is -3.31. The number of aliphatic carboxylic acids is 1. The molecule has 1 aliphatic heterocycles. The van der Waals surface area contributed by atoms with Gasteiger partial charge in [-0.1, -0.05) is 42.5 Å². The summed E-state index contributed by atoms with van der Waals surface area (Å²) in [4.78, 5) is 35.2. The van der Waals surface area contributed by atoms with Gasteiger partial charge in [0.2, 0.25) is 15.9 Å². The van der Waals surface area contributed by atoms with E-state index in [4.69, 9.17) is 0 Å². The molecule has 2 aromatic carbocycles. The van der Waals surface area contributed by atoms with Crippen LogP contribution in [0.5, 0.6) is 0 Å². The maximum absolute atomic E-state index is 13.0. The molecule has 1 saturated heterocycles. The zero-order valence-electron chi connectivity index (χ0n) is 15.9. The standard InChI is InChI=1S/C19H19N3O7S/c1-13(17(23)24)21-12-19(18(21)25,11-14-7-3-2-4-8-14)20-30(28,29)16-10-6-5-9-15(16)22(26)27/h2-10,13,20H,11-12H2,1H3,(H,23,24)/t13-,19?/m0/s1. The van der Waals surface area contributed by atoms with Gasteiger partial charge in [-0.05, 0) is 18.6 Å². The molecule has 0 aliphatic carbocycles. The first kappa shape index (κ1) is 21.4. The zero-order chi connectivity index (χ0) is 22.1. The molecule has 2 N–H and O–H groups in total. The van der Waals surface area contributed by atoms with Crippen LogP contribution in [0.1, 0.15) is 12.5 Å². The Balaban J connectivity index is 1.99. The number of carboxylic acids is 1. The van der Waals surface area contributed by atoms with Crippen LogP contribution in [-0.2, 0) is 26.0 Å². The van der Waals surface area contributed by atoms with Crippen LogP contribution in [0.4, 0.5) is 5.69 Å². The lowest BCUT2D eigenvalue weighted by molar-refractivity contribution is -0.387. The number of nitro benzene ring substituents is 1. The molecule has 0 saturated carbocycles. The average Bonchev–Trinajstić information content (AvgIpc) is 2.71. The Morgan fingerprint density at radius 3 is 2.40 bits per heavy atom. The molecule has 1 aliphatic rings. The Morgan fingerprint density at radius 2 is 1.83 bits per heavy atom. The van der Waals surface area contributed by atoms with Crippen LogP contribution in [0.3, 0.4) is 0 Å². The highest BCUT2D eigenvalue weighted by Crippen LogP contribution is 2.32. The quantitative estimate of drug-likeness (QED) is 0.361. The lowest BCUT2D eigenvalue weighted by Gasteiger charge is -2.50. The highest BCUT2D eigenvalue weighted by atomic mass is 32.2. The van der Waals surface area contributed by atoms with Crippen molar-refractivity contribution in [2.75, 3.05) is 6.54 Å². The van der Waals surface area contributed by atoms with E-state index >= 15 is 0 Å². The number of rotatable bonds is 8. The Kier molecular flexibility index (Phi) is 5.59. The average molecular weight is 433 g/mol. The fraction of sp³-hybridized carbons (Fsp3) is 0.263. The molecule has 1 amide bonds. The van der Waals surface area contributed by atoms with Crippen molar-refractivity contribution >= 4 is 27.6 Å². The summed E-state index contributed by atoms with van der Waals surface area (Å²) in [6.07, 6.45) is -0.0324. The first-order valence-corrected chi connectivity index (χ1v) is 10.4. The summed E-state index contributed by atoms with van der Waals surface area (Å²) in [7, 11) is -4.46. The fourth-order valence-corrected chi connectivity index (χ4v) is 4.92. The number of carboxylic acid groups (broad SMARTS) is 1. The van der Waals surface area contributed by atoms with E-state index in [1.165, 1.54) is 19.1 Å². The van der Waals surface area contributed by atoms with Crippen molar-refractivity contribution in [1.29, 1.82) is 0 Å². The number of hydrogen-bond donors (Lipinski definition) is 2. The minimum atomic E-state index is -4.46. The van der Waals surface area contributed by atoms with E-state index in [1.807, 2.05) is 0 Å². The third-order valence-corrected chi connectivity index (χ3v) is 6.55. The number of benzene rings is 2. The molecule has 2 aromatic rings. The molecule has 11 heteroatoms. The Labute approximate surface area is 172 Å². The first-order chi connectivity index (χ1) is 14.1. The van der Waals surface area contributed by atoms with Gasteiger partial charge in [-0.2, -0.15) is 4.72 Å². The highest BCUT2D eigenvalue weighted by molar-refractivity contribution is 7.89. The van der Waals surface area contributed by atoms with Gasteiger partial charge in [0, 0.05) is 12.5 Å². The lowest BCUT2D eigenvalue weighted by Crippen LogP contribution is -2.77. The lowest BCUT2D eigenvalue weighted by atomic mass is 9.82. The highest BCUT2D eigenvalue weighted by Gasteiger charge is 2.57. The van der Waals surface area contributed by atoms with Crippen molar-refractivity contribution in [1.82, 2.24) is 9.62 Å². The van der Waals surface area contributed by atoms with Crippen molar-refractivity contribution in [3.05, 3.63) is 70.3 Å². The van der Waals surface area contributed by atoms with Gasteiger partial charge in [0.05, 0.1) is 11.5 Å². The molecule has 2 atom stereocenters. The summed E-state index contributed by atoms with van der Waals surface area (Å²) in [5.74, 6) is -1.93. The monoisotopic (exact) mass is 433 g/mol. The third-order valence-electron chi connectivity index (χ3n) is 4.97. The van der Waals surface area contributed by atoms with Crippen LogP contribution in [0.2, 0.25) is 0 Å². The van der Waals surface area contributed by atoms with Crippen molar-refractivity contribution < 1.29 is 28.0 Å². The second kappa shape index (κ2) is 7.84. The maximum atomic E-state index is 13.0. The van der Waals surface area contributed by atoms with Gasteiger partial charge in [0.1, 0.15) is 11.6 Å². The van der Waals surface area contributed by atoms with Gasteiger partial charge in [-0.25, -0.2) is 13.2 Å². The van der Waals surface area contributed by atoms with Crippen LogP contribution in [0, 0.1) is 10.1 Å². The number of carbonyl (C=O) groups is 2. The van der Waals surface area contributed by atoms with Gasteiger partial charge in [-0.15, -0.1) is 0 Å². The van der Waals surface area contributed by atoms with Crippen LogP contribution in [0.15, 0.2) is 59.5 Å². The summed E-state index contributed by atoms with van der Waals surface area (Å²) in [6, 6.07) is 12.3. The van der Waals surface area contributed by atoms with E-state index in [9.17, 15) is 33.2 Å². The number of nitrogens with zero attached hydrogens (tertiary/aromatic N) is 2. The molecule has 1 unspecified atom stereocenters. The number of sulfonamides is 1. The van der Waals surface area contributed by atoms with Gasteiger partial charge < -0.3 is 10.0 Å². The fourth-order valence-electron chi connectivity index (χ4n) is 3.40. The Bertz CT molecular complexity index is 1100. The molecular weight excluding hydrogens is 414 g/mol.